The maximum atomic E-state index is 11.9. The maximum absolute atomic E-state index is 11.9. The average molecular weight is 305 g/mol. The fourth-order valence-corrected chi connectivity index (χ4v) is 2.61. The van der Waals surface area contributed by atoms with Crippen LogP contribution in [0.2, 0.25) is 0 Å². The van der Waals surface area contributed by atoms with Crippen molar-refractivity contribution >= 4 is 29.0 Å². The Kier molecular flexibility index (Phi) is 4.70. The van der Waals surface area contributed by atoms with Crippen molar-refractivity contribution in [2.24, 2.45) is 0 Å². The lowest BCUT2D eigenvalue weighted by molar-refractivity contribution is -0.121. The summed E-state index contributed by atoms with van der Waals surface area (Å²) in [5.41, 5.74) is 0.676. The van der Waals surface area contributed by atoms with Gasteiger partial charge in [0, 0.05) is 12.6 Å². The van der Waals surface area contributed by atoms with Crippen molar-refractivity contribution in [1.29, 1.82) is 0 Å². The summed E-state index contributed by atoms with van der Waals surface area (Å²) in [5.74, 6) is 0.756. The monoisotopic (exact) mass is 305 g/mol. The molecule has 110 valence electrons. The molecule has 1 heterocycles. The number of benzene rings is 1. The third-order valence-corrected chi connectivity index (χ3v) is 3.81. The molecule has 0 bridgehead atoms. The van der Waals surface area contributed by atoms with Crippen molar-refractivity contribution in [3.63, 3.8) is 0 Å². The second-order valence-corrected chi connectivity index (χ2v) is 5.21. The molecule has 21 heavy (non-hydrogen) atoms. The predicted octanol–water partition coefficient (Wildman–Crippen LogP) is 2.93. The highest BCUT2D eigenvalue weighted by molar-refractivity contribution is 8.18. The lowest BCUT2D eigenvalue weighted by Gasteiger charge is -2.12. The van der Waals surface area contributed by atoms with E-state index in [9.17, 15) is 9.59 Å². The zero-order valence-corrected chi connectivity index (χ0v) is 12.6. The normalized spacial score (nSPS) is 16.5. The van der Waals surface area contributed by atoms with E-state index in [0.717, 1.165) is 16.7 Å². The van der Waals surface area contributed by atoms with Crippen molar-refractivity contribution in [3.05, 3.63) is 41.3 Å². The molecular weight excluding hydrogens is 290 g/mol. The second-order valence-electron chi connectivity index (χ2n) is 4.22. The van der Waals surface area contributed by atoms with Gasteiger partial charge in [0.25, 0.3) is 11.1 Å². The van der Waals surface area contributed by atoms with Crippen LogP contribution in [0.15, 0.2) is 35.8 Å². The summed E-state index contributed by atoms with van der Waals surface area (Å²) < 4.78 is 10.9. The summed E-state index contributed by atoms with van der Waals surface area (Å²) >= 11 is 0.905. The number of hydrogen-bond acceptors (Lipinski definition) is 5. The fourth-order valence-electron chi connectivity index (χ4n) is 1.79. The van der Waals surface area contributed by atoms with E-state index >= 15 is 0 Å². The average Bonchev–Trinajstić information content (AvgIpc) is 2.73. The van der Waals surface area contributed by atoms with Crippen LogP contribution in [0.25, 0.3) is 6.08 Å². The van der Waals surface area contributed by atoms with Gasteiger partial charge in [0.05, 0.1) is 12.0 Å². The van der Waals surface area contributed by atoms with Gasteiger partial charge in [-0.1, -0.05) is 24.8 Å². The van der Waals surface area contributed by atoms with Crippen LogP contribution in [0.3, 0.4) is 0 Å². The first-order valence-electron chi connectivity index (χ1n) is 6.20. The smallest absolute Gasteiger partial charge is 0.293 e. The number of thioether (sulfide) groups is 1. The van der Waals surface area contributed by atoms with Gasteiger partial charge in [-0.15, -0.1) is 0 Å². The predicted molar refractivity (Wildman–Crippen MR) is 82.4 cm³/mol. The van der Waals surface area contributed by atoms with Gasteiger partial charge in [0.1, 0.15) is 6.61 Å². The zero-order valence-electron chi connectivity index (χ0n) is 11.8. The third kappa shape index (κ3) is 3.11. The van der Waals surface area contributed by atoms with Gasteiger partial charge in [-0.3, -0.25) is 14.5 Å². The minimum absolute atomic E-state index is 0.289. The largest absolute Gasteiger partial charge is 0.493 e. The molecule has 1 saturated heterocycles. The van der Waals surface area contributed by atoms with E-state index in [1.807, 2.05) is 0 Å². The van der Waals surface area contributed by atoms with Crippen molar-refractivity contribution in [2.45, 2.75) is 0 Å². The quantitative estimate of drug-likeness (QED) is 0.618. The summed E-state index contributed by atoms with van der Waals surface area (Å²) in [6.45, 7) is 3.92. The molecule has 0 radical (unpaired) electrons. The first-order valence-corrected chi connectivity index (χ1v) is 7.02. The van der Waals surface area contributed by atoms with E-state index in [2.05, 4.69) is 6.58 Å². The number of carbonyl (C=O) groups is 2. The number of hydrogen-bond donors (Lipinski definition) is 0. The van der Waals surface area contributed by atoms with E-state index in [1.165, 1.54) is 7.05 Å². The van der Waals surface area contributed by atoms with Crippen LogP contribution in [-0.2, 0) is 4.79 Å². The van der Waals surface area contributed by atoms with Crippen LogP contribution in [0.4, 0.5) is 4.79 Å². The molecule has 1 aliphatic rings. The number of nitrogens with zero attached hydrogens (tertiary/aromatic N) is 1. The molecule has 0 unspecified atom stereocenters. The third-order valence-electron chi connectivity index (χ3n) is 2.85. The number of amides is 2. The van der Waals surface area contributed by atoms with Crippen LogP contribution < -0.4 is 9.47 Å². The van der Waals surface area contributed by atoms with Gasteiger partial charge in [-0.2, -0.15) is 0 Å². The Morgan fingerprint density at radius 3 is 2.71 bits per heavy atom. The number of methoxy groups -OCH3 is 1. The van der Waals surface area contributed by atoms with Gasteiger partial charge < -0.3 is 9.47 Å². The van der Waals surface area contributed by atoms with Gasteiger partial charge in [-0.05, 0) is 23.9 Å². The van der Waals surface area contributed by atoms with Crippen LogP contribution >= 0.6 is 11.8 Å². The molecule has 6 heteroatoms. The first-order chi connectivity index (χ1) is 10.1. The van der Waals surface area contributed by atoms with E-state index in [0.29, 0.717) is 28.6 Å². The second kappa shape index (κ2) is 6.49. The van der Waals surface area contributed by atoms with Crippen LogP contribution in [0.1, 0.15) is 5.56 Å². The van der Waals surface area contributed by atoms with Crippen molar-refractivity contribution < 1.29 is 19.1 Å². The molecule has 2 amide bonds. The van der Waals surface area contributed by atoms with Gasteiger partial charge in [0.2, 0.25) is 0 Å². The van der Waals surface area contributed by atoms with E-state index in [1.54, 1.807) is 37.5 Å². The van der Waals surface area contributed by atoms with E-state index in [4.69, 9.17) is 9.47 Å². The SMILES string of the molecule is C=CCOc1c(/C=C2\SC(=O)N(C)C2=O)cccc1OC. The lowest BCUT2D eigenvalue weighted by Crippen LogP contribution is -2.22. The zero-order chi connectivity index (χ0) is 15.4. The van der Waals surface area contributed by atoms with Crippen molar-refractivity contribution in [1.82, 2.24) is 4.90 Å². The number of ether oxygens (including phenoxy) is 2. The van der Waals surface area contributed by atoms with Gasteiger partial charge in [-0.25, -0.2) is 0 Å². The molecule has 0 N–H and O–H groups in total. The van der Waals surface area contributed by atoms with Crippen LogP contribution in [-0.4, -0.2) is 36.8 Å². The number of likely N-dealkylation sites (N-methyl/N-ethyl adjacent to an activating group) is 1. The molecule has 0 aliphatic carbocycles. The molecule has 1 aliphatic heterocycles. The Morgan fingerprint density at radius 2 is 2.14 bits per heavy atom. The molecule has 2 rings (SSSR count). The number of carbonyl (C=O) groups excluding carboxylic acids is 2. The van der Waals surface area contributed by atoms with Gasteiger partial charge >= 0.3 is 0 Å². The molecule has 1 aromatic carbocycles. The van der Waals surface area contributed by atoms with E-state index < -0.39 is 0 Å². The highest BCUT2D eigenvalue weighted by Crippen LogP contribution is 2.36. The molecule has 0 atom stereocenters. The lowest BCUT2D eigenvalue weighted by atomic mass is 10.1. The van der Waals surface area contributed by atoms with E-state index in [-0.39, 0.29) is 11.1 Å². The molecule has 0 aromatic heterocycles. The van der Waals surface area contributed by atoms with Crippen molar-refractivity contribution in [2.75, 3.05) is 20.8 Å². The minimum Gasteiger partial charge on any atom is -0.493 e. The molecule has 1 aromatic rings. The fraction of sp³-hybridized carbons (Fsp3) is 0.200. The summed E-state index contributed by atoms with van der Waals surface area (Å²) in [5, 5.41) is -0.289. The van der Waals surface area contributed by atoms with Gasteiger partial charge in [0.15, 0.2) is 11.5 Å². The molecule has 1 fully saturated rings. The Morgan fingerprint density at radius 1 is 1.38 bits per heavy atom. The summed E-state index contributed by atoms with van der Waals surface area (Å²) in [7, 11) is 3.00. The summed E-state index contributed by atoms with van der Waals surface area (Å²) in [6.07, 6.45) is 3.26. The first kappa shape index (κ1) is 15.2. The van der Waals surface area contributed by atoms with Crippen molar-refractivity contribution in [3.8, 4) is 11.5 Å². The molecular formula is C15H15NO4S. The molecule has 5 nitrogen and oxygen atoms in total. The highest BCUT2D eigenvalue weighted by atomic mass is 32.2. The number of para-hydroxylation sites is 1. The minimum atomic E-state index is -0.317. The molecule has 0 spiro atoms. The Labute approximate surface area is 127 Å². The Balaban J connectivity index is 2.42. The van der Waals surface area contributed by atoms with Crippen LogP contribution in [0, 0.1) is 0 Å². The topological polar surface area (TPSA) is 55.8 Å². The Hall–Kier alpha value is -2.21. The number of imide groups is 1. The maximum Gasteiger partial charge on any atom is 0.293 e. The standard InChI is InChI=1S/C15H15NO4S/c1-4-8-20-13-10(6-5-7-11(13)19-3)9-12-14(17)16(2)15(18)21-12/h4-7,9H,1,8H2,2-3H3/b12-9-. The Bertz CT molecular complexity index is 624. The van der Waals surface area contributed by atoms with Crippen LogP contribution in [0.5, 0.6) is 11.5 Å². The summed E-state index contributed by atoms with van der Waals surface area (Å²) in [4.78, 5) is 24.9. The summed E-state index contributed by atoms with van der Waals surface area (Å²) in [6, 6.07) is 5.35. The number of rotatable bonds is 5. The highest BCUT2D eigenvalue weighted by Gasteiger charge is 2.32. The molecule has 0 saturated carbocycles.